The third kappa shape index (κ3) is 4.56. The van der Waals surface area contributed by atoms with Gasteiger partial charge in [0, 0.05) is 5.92 Å². The van der Waals surface area contributed by atoms with Gasteiger partial charge in [-0.05, 0) is 74.8 Å². The first-order chi connectivity index (χ1) is 12.9. The average molecular weight is 373 g/mol. The molecule has 0 bridgehead atoms. The van der Waals surface area contributed by atoms with Gasteiger partial charge in [0.1, 0.15) is 6.10 Å². The molecule has 3 rings (SSSR count). The molecule has 0 saturated heterocycles. The number of carbonyl (C=O) groups is 1. The predicted molar refractivity (Wildman–Crippen MR) is 109 cm³/mol. The Kier molecular flexibility index (Phi) is 6.62. The number of aliphatic hydroxyl groups excluding tert-OH is 1. The first kappa shape index (κ1) is 20.4. The number of hydrogen-bond donors (Lipinski definition) is 1. The molecule has 2 aliphatic rings. The molecule has 2 saturated carbocycles. The maximum absolute atomic E-state index is 12.6. The Morgan fingerprint density at radius 2 is 1.93 bits per heavy atom. The van der Waals surface area contributed by atoms with E-state index in [1.54, 1.807) is 0 Å². The average Bonchev–Trinajstić information content (AvgIpc) is 3.00. The van der Waals surface area contributed by atoms with Crippen molar-refractivity contribution in [3.63, 3.8) is 0 Å². The molecule has 6 atom stereocenters. The molecule has 1 aromatic rings. The van der Waals surface area contributed by atoms with Gasteiger partial charge < -0.3 is 9.84 Å². The number of carbonyl (C=O) groups excluding carboxylic acids is 1. The topological polar surface area (TPSA) is 46.5 Å². The molecular weight excluding hydrogens is 336 g/mol. The van der Waals surface area contributed by atoms with Crippen molar-refractivity contribution in [2.75, 3.05) is 0 Å². The molecule has 0 amide bonds. The van der Waals surface area contributed by atoms with Gasteiger partial charge in [0.05, 0.1) is 11.7 Å². The molecule has 0 heterocycles. The number of aliphatic hydroxyl groups is 1. The van der Waals surface area contributed by atoms with E-state index in [2.05, 4.69) is 13.8 Å². The molecule has 27 heavy (non-hydrogen) atoms. The Bertz CT molecular complexity index is 611. The fourth-order valence-corrected chi connectivity index (χ4v) is 5.95. The normalized spacial score (nSPS) is 32.5. The van der Waals surface area contributed by atoms with Crippen LogP contribution in [-0.4, -0.2) is 23.3 Å². The lowest BCUT2D eigenvalue weighted by Crippen LogP contribution is -2.43. The van der Waals surface area contributed by atoms with Crippen molar-refractivity contribution in [3.8, 4) is 0 Å². The summed E-state index contributed by atoms with van der Waals surface area (Å²) >= 11 is 0. The van der Waals surface area contributed by atoms with E-state index in [-0.39, 0.29) is 23.6 Å². The van der Waals surface area contributed by atoms with E-state index in [4.69, 9.17) is 4.74 Å². The van der Waals surface area contributed by atoms with Crippen LogP contribution in [0.25, 0.3) is 0 Å². The predicted octanol–water partition coefficient (Wildman–Crippen LogP) is 5.62. The second-order valence-corrected chi connectivity index (χ2v) is 9.26. The number of esters is 1. The highest BCUT2D eigenvalue weighted by Crippen LogP contribution is 2.58. The van der Waals surface area contributed by atoms with E-state index < -0.39 is 0 Å². The van der Waals surface area contributed by atoms with Gasteiger partial charge >= 0.3 is 5.97 Å². The molecule has 0 aliphatic heterocycles. The van der Waals surface area contributed by atoms with Gasteiger partial charge in [-0.25, -0.2) is 4.79 Å². The maximum atomic E-state index is 12.6. The molecule has 3 nitrogen and oxygen atoms in total. The summed E-state index contributed by atoms with van der Waals surface area (Å²) < 4.78 is 6.03. The zero-order chi connectivity index (χ0) is 19.4. The van der Waals surface area contributed by atoms with Crippen LogP contribution in [0.4, 0.5) is 0 Å². The second kappa shape index (κ2) is 8.77. The molecule has 0 aromatic heterocycles. The summed E-state index contributed by atoms with van der Waals surface area (Å²) in [5.74, 6) is 1.69. The van der Waals surface area contributed by atoms with E-state index in [0.717, 1.165) is 25.7 Å². The Hall–Kier alpha value is -1.35. The van der Waals surface area contributed by atoms with Crippen molar-refractivity contribution >= 4 is 5.97 Å². The Labute approximate surface area is 164 Å². The smallest absolute Gasteiger partial charge is 0.338 e. The number of benzene rings is 1. The molecule has 0 radical (unpaired) electrons. The fourth-order valence-electron chi connectivity index (χ4n) is 5.95. The first-order valence-corrected chi connectivity index (χ1v) is 10.9. The van der Waals surface area contributed by atoms with Gasteiger partial charge in [-0.15, -0.1) is 0 Å². The van der Waals surface area contributed by atoms with Crippen LogP contribution in [0.3, 0.4) is 0 Å². The molecule has 1 aromatic carbocycles. The van der Waals surface area contributed by atoms with E-state index in [1.165, 1.54) is 25.7 Å². The molecule has 0 spiro atoms. The lowest BCUT2D eigenvalue weighted by Gasteiger charge is -2.46. The van der Waals surface area contributed by atoms with Crippen molar-refractivity contribution in [2.24, 2.45) is 23.2 Å². The fraction of sp³-hybridized carbons (Fsp3) is 0.708. The molecule has 1 N–H and O–H groups in total. The first-order valence-electron chi connectivity index (χ1n) is 10.9. The molecule has 2 aliphatic carbocycles. The Balaban J connectivity index is 1.64. The molecule has 2 fully saturated rings. The van der Waals surface area contributed by atoms with Crippen molar-refractivity contribution < 1.29 is 14.6 Å². The summed E-state index contributed by atoms with van der Waals surface area (Å²) in [4.78, 5) is 12.6. The van der Waals surface area contributed by atoms with Crippen LogP contribution in [0.15, 0.2) is 30.3 Å². The summed E-state index contributed by atoms with van der Waals surface area (Å²) in [6.45, 7) is 6.72. The van der Waals surface area contributed by atoms with Gasteiger partial charge in [-0.2, -0.15) is 0 Å². The molecule has 3 heteroatoms. The lowest BCUT2D eigenvalue weighted by molar-refractivity contribution is -0.0474. The van der Waals surface area contributed by atoms with Gasteiger partial charge in [0.25, 0.3) is 0 Å². The van der Waals surface area contributed by atoms with Gasteiger partial charge in [-0.3, -0.25) is 0 Å². The van der Waals surface area contributed by atoms with Crippen LogP contribution in [-0.2, 0) is 4.74 Å². The van der Waals surface area contributed by atoms with Crippen molar-refractivity contribution in [1.29, 1.82) is 0 Å². The summed E-state index contributed by atoms with van der Waals surface area (Å²) in [7, 11) is 0. The minimum Gasteiger partial charge on any atom is -0.458 e. The van der Waals surface area contributed by atoms with Gasteiger partial charge in [0.2, 0.25) is 0 Å². The van der Waals surface area contributed by atoms with E-state index in [9.17, 15) is 9.90 Å². The number of hydrogen-bond acceptors (Lipinski definition) is 3. The summed E-state index contributed by atoms with van der Waals surface area (Å²) in [6, 6.07) is 9.39. The molecule has 1 unspecified atom stereocenters. The standard InChI is InChI=1S/C24H36O3/c1-17(9-7-10-18(2)25)20-14-15-21-22(13-8-16-24(20,21)3)27-23(26)19-11-5-4-6-12-19/h4-6,11-12,17-18,20-22,25H,7-10,13-16H2,1-3H3/t17-,18-,20-,21+,22?,24-/m1/s1. The quantitative estimate of drug-likeness (QED) is 0.632. The van der Waals surface area contributed by atoms with Crippen LogP contribution in [0.2, 0.25) is 0 Å². The zero-order valence-electron chi connectivity index (χ0n) is 17.2. The largest absolute Gasteiger partial charge is 0.458 e. The van der Waals surface area contributed by atoms with Crippen molar-refractivity contribution in [2.45, 2.75) is 84.3 Å². The highest BCUT2D eigenvalue weighted by atomic mass is 16.5. The number of fused-ring (bicyclic) bond motifs is 1. The highest BCUT2D eigenvalue weighted by Gasteiger charge is 2.53. The Morgan fingerprint density at radius 1 is 1.19 bits per heavy atom. The number of rotatable bonds is 7. The van der Waals surface area contributed by atoms with E-state index in [0.29, 0.717) is 23.3 Å². The Morgan fingerprint density at radius 3 is 2.63 bits per heavy atom. The SMILES string of the molecule is C[C@H](CCC[C@@H](C)O)[C@H]1CC[C@H]2C(OC(=O)c3ccccc3)CCC[C@]12C. The van der Waals surface area contributed by atoms with Crippen LogP contribution in [0, 0.1) is 23.2 Å². The zero-order valence-corrected chi connectivity index (χ0v) is 17.2. The second-order valence-electron chi connectivity index (χ2n) is 9.26. The minimum absolute atomic E-state index is 0.0612. The van der Waals surface area contributed by atoms with Crippen molar-refractivity contribution in [3.05, 3.63) is 35.9 Å². The van der Waals surface area contributed by atoms with E-state index in [1.807, 2.05) is 37.3 Å². The minimum atomic E-state index is -0.194. The third-order valence-corrected chi connectivity index (χ3v) is 7.37. The number of ether oxygens (including phenoxy) is 1. The summed E-state index contributed by atoms with van der Waals surface area (Å²) in [5.41, 5.74) is 0.940. The van der Waals surface area contributed by atoms with Crippen LogP contribution in [0.1, 0.15) is 82.5 Å². The van der Waals surface area contributed by atoms with Crippen LogP contribution >= 0.6 is 0 Å². The van der Waals surface area contributed by atoms with Crippen molar-refractivity contribution in [1.82, 2.24) is 0 Å². The van der Waals surface area contributed by atoms with Crippen LogP contribution in [0.5, 0.6) is 0 Å². The summed E-state index contributed by atoms with van der Waals surface area (Å²) in [6.07, 6.45) is 8.88. The van der Waals surface area contributed by atoms with Crippen LogP contribution < -0.4 is 0 Å². The lowest BCUT2D eigenvalue weighted by atomic mass is 9.61. The highest BCUT2D eigenvalue weighted by molar-refractivity contribution is 5.89. The maximum Gasteiger partial charge on any atom is 0.338 e. The van der Waals surface area contributed by atoms with E-state index >= 15 is 0 Å². The van der Waals surface area contributed by atoms with Gasteiger partial charge in [-0.1, -0.05) is 44.9 Å². The monoisotopic (exact) mass is 372 g/mol. The molecular formula is C24H36O3. The molecule has 150 valence electrons. The summed E-state index contributed by atoms with van der Waals surface area (Å²) in [5, 5.41) is 9.53. The third-order valence-electron chi connectivity index (χ3n) is 7.37. The van der Waals surface area contributed by atoms with Gasteiger partial charge in [0.15, 0.2) is 0 Å².